The van der Waals surface area contributed by atoms with Crippen molar-refractivity contribution in [3.8, 4) is 0 Å². The number of thiophene rings is 1. The molecule has 2 heterocycles. The van der Waals surface area contributed by atoms with Gasteiger partial charge in [-0.25, -0.2) is 4.79 Å². The van der Waals surface area contributed by atoms with Gasteiger partial charge in [0.05, 0.1) is 12.7 Å². The lowest BCUT2D eigenvalue weighted by molar-refractivity contribution is -0.111. The zero-order valence-electron chi connectivity index (χ0n) is 13.7. The van der Waals surface area contributed by atoms with Crippen molar-refractivity contribution in [1.82, 2.24) is 0 Å². The molecule has 0 radical (unpaired) electrons. The molecular formula is C18H19NO4S. The quantitative estimate of drug-likeness (QED) is 0.672. The Morgan fingerprint density at radius 1 is 1.29 bits per heavy atom. The van der Waals surface area contributed by atoms with E-state index in [-0.39, 0.29) is 5.91 Å². The van der Waals surface area contributed by atoms with E-state index in [9.17, 15) is 9.59 Å². The molecule has 0 saturated heterocycles. The van der Waals surface area contributed by atoms with Gasteiger partial charge in [0.1, 0.15) is 16.5 Å². The zero-order chi connectivity index (χ0) is 17.1. The van der Waals surface area contributed by atoms with Crippen LogP contribution in [0.5, 0.6) is 0 Å². The second kappa shape index (κ2) is 7.05. The average Bonchev–Trinajstić information content (AvgIpc) is 3.15. The van der Waals surface area contributed by atoms with Gasteiger partial charge >= 0.3 is 5.97 Å². The molecule has 5 nitrogen and oxygen atoms in total. The Morgan fingerprint density at radius 2 is 2.08 bits per heavy atom. The van der Waals surface area contributed by atoms with Gasteiger partial charge < -0.3 is 14.5 Å². The number of methoxy groups -OCH3 is 1. The first-order chi connectivity index (χ1) is 11.6. The van der Waals surface area contributed by atoms with Gasteiger partial charge in [-0.05, 0) is 56.4 Å². The van der Waals surface area contributed by atoms with Crippen molar-refractivity contribution in [3.63, 3.8) is 0 Å². The van der Waals surface area contributed by atoms with Gasteiger partial charge in [0.25, 0.3) is 0 Å². The summed E-state index contributed by atoms with van der Waals surface area (Å²) >= 11 is 1.47. The first-order valence-corrected chi connectivity index (χ1v) is 8.68. The fraction of sp³-hybridized carbons (Fsp3) is 0.333. The van der Waals surface area contributed by atoms with Crippen LogP contribution in [-0.2, 0) is 22.4 Å². The predicted molar refractivity (Wildman–Crippen MR) is 93.4 cm³/mol. The minimum atomic E-state index is -0.393. The van der Waals surface area contributed by atoms with Crippen molar-refractivity contribution in [1.29, 1.82) is 0 Å². The summed E-state index contributed by atoms with van der Waals surface area (Å²) in [6, 6.07) is 3.63. The van der Waals surface area contributed by atoms with E-state index >= 15 is 0 Å². The maximum Gasteiger partial charge on any atom is 0.341 e. The Balaban J connectivity index is 1.81. The normalized spacial score (nSPS) is 13.8. The summed E-state index contributed by atoms with van der Waals surface area (Å²) in [7, 11) is 1.36. The van der Waals surface area contributed by atoms with Crippen LogP contribution in [0, 0.1) is 6.92 Å². The first kappa shape index (κ1) is 16.5. The molecule has 24 heavy (non-hydrogen) atoms. The van der Waals surface area contributed by atoms with Crippen LogP contribution in [0.4, 0.5) is 5.00 Å². The van der Waals surface area contributed by atoms with Gasteiger partial charge in [-0.2, -0.15) is 0 Å². The summed E-state index contributed by atoms with van der Waals surface area (Å²) in [6.45, 7) is 1.84. The van der Waals surface area contributed by atoms with Gasteiger partial charge in [-0.3, -0.25) is 4.79 Å². The lowest BCUT2D eigenvalue weighted by Crippen LogP contribution is -2.13. The Hall–Kier alpha value is -2.34. The van der Waals surface area contributed by atoms with Crippen LogP contribution in [0.3, 0.4) is 0 Å². The molecule has 2 aromatic rings. The number of aryl methyl sites for hydroxylation is 2. The van der Waals surface area contributed by atoms with E-state index in [2.05, 4.69) is 5.32 Å². The van der Waals surface area contributed by atoms with E-state index in [0.29, 0.717) is 16.3 Å². The number of fused-ring (bicyclic) bond motifs is 1. The number of carbonyl (C=O) groups is 2. The summed E-state index contributed by atoms with van der Waals surface area (Å²) < 4.78 is 10.3. The molecule has 1 aliphatic carbocycles. The highest BCUT2D eigenvalue weighted by atomic mass is 32.1. The second-order valence-corrected chi connectivity index (χ2v) is 6.78. The maximum atomic E-state index is 12.2. The molecule has 2 aromatic heterocycles. The number of carbonyl (C=O) groups excluding carboxylic acids is 2. The van der Waals surface area contributed by atoms with E-state index in [0.717, 1.165) is 37.0 Å². The number of esters is 1. The van der Waals surface area contributed by atoms with Gasteiger partial charge in [-0.15, -0.1) is 11.3 Å². The molecule has 0 atom stereocenters. The van der Waals surface area contributed by atoms with Crippen LogP contribution in [-0.4, -0.2) is 19.0 Å². The van der Waals surface area contributed by atoms with E-state index in [1.165, 1.54) is 29.4 Å². The molecule has 6 heteroatoms. The standard InChI is InChI=1S/C18H19NO4S/c1-11-7-8-12(23-11)9-10-15(20)19-17-16(18(21)22-2)13-5-3-4-6-14(13)24-17/h7-10H,3-6H2,1-2H3,(H,19,20). The number of ether oxygens (including phenoxy) is 1. The highest BCUT2D eigenvalue weighted by Gasteiger charge is 2.26. The lowest BCUT2D eigenvalue weighted by Gasteiger charge is -2.11. The smallest absolute Gasteiger partial charge is 0.341 e. The van der Waals surface area contributed by atoms with Crippen molar-refractivity contribution in [2.45, 2.75) is 32.6 Å². The Morgan fingerprint density at radius 3 is 2.79 bits per heavy atom. The molecule has 0 saturated carbocycles. The van der Waals surface area contributed by atoms with Crippen LogP contribution < -0.4 is 5.32 Å². The van der Waals surface area contributed by atoms with Crippen LogP contribution in [0.15, 0.2) is 22.6 Å². The van der Waals surface area contributed by atoms with Gasteiger partial charge in [-0.1, -0.05) is 0 Å². The first-order valence-electron chi connectivity index (χ1n) is 7.87. The molecule has 1 amide bonds. The number of amides is 1. The van der Waals surface area contributed by atoms with Crippen LogP contribution in [0.25, 0.3) is 6.08 Å². The van der Waals surface area contributed by atoms with E-state index in [1.807, 2.05) is 13.0 Å². The van der Waals surface area contributed by atoms with Crippen LogP contribution >= 0.6 is 11.3 Å². The van der Waals surface area contributed by atoms with Crippen molar-refractivity contribution < 1.29 is 18.7 Å². The number of rotatable bonds is 4. The monoisotopic (exact) mass is 345 g/mol. The number of hydrogen-bond acceptors (Lipinski definition) is 5. The fourth-order valence-corrected chi connectivity index (χ4v) is 4.11. The van der Waals surface area contributed by atoms with E-state index in [1.54, 1.807) is 12.1 Å². The van der Waals surface area contributed by atoms with Gasteiger partial charge in [0.15, 0.2) is 0 Å². The van der Waals surface area contributed by atoms with Crippen molar-refractivity contribution >= 4 is 34.3 Å². The molecule has 1 aliphatic rings. The molecule has 0 bridgehead atoms. The second-order valence-electron chi connectivity index (χ2n) is 5.68. The minimum Gasteiger partial charge on any atom is -0.465 e. The number of anilines is 1. The molecule has 3 rings (SSSR count). The number of furan rings is 1. The summed E-state index contributed by atoms with van der Waals surface area (Å²) in [5.74, 6) is 0.707. The van der Waals surface area contributed by atoms with Gasteiger partial charge in [0, 0.05) is 11.0 Å². The Bertz CT molecular complexity index is 800. The summed E-state index contributed by atoms with van der Waals surface area (Å²) in [5.41, 5.74) is 1.53. The summed E-state index contributed by atoms with van der Waals surface area (Å²) in [4.78, 5) is 25.5. The molecule has 0 aromatic carbocycles. The minimum absolute atomic E-state index is 0.298. The molecule has 1 N–H and O–H groups in total. The highest BCUT2D eigenvalue weighted by Crippen LogP contribution is 2.38. The third-order valence-corrected chi connectivity index (χ3v) is 5.16. The van der Waals surface area contributed by atoms with Crippen molar-refractivity contribution in [2.75, 3.05) is 12.4 Å². The van der Waals surface area contributed by atoms with Crippen molar-refractivity contribution in [2.24, 2.45) is 0 Å². The summed E-state index contributed by atoms with van der Waals surface area (Å²) in [5, 5.41) is 3.38. The topological polar surface area (TPSA) is 68.5 Å². The molecule has 0 fully saturated rings. The fourth-order valence-electron chi connectivity index (χ4n) is 2.83. The summed E-state index contributed by atoms with van der Waals surface area (Å²) in [6.07, 6.45) is 6.97. The highest BCUT2D eigenvalue weighted by molar-refractivity contribution is 7.17. The maximum absolute atomic E-state index is 12.2. The zero-order valence-corrected chi connectivity index (χ0v) is 14.5. The SMILES string of the molecule is COC(=O)c1c(NC(=O)C=Cc2ccc(C)o2)sc2c1CCCC2. The van der Waals surface area contributed by atoms with E-state index < -0.39 is 5.97 Å². The average molecular weight is 345 g/mol. The largest absolute Gasteiger partial charge is 0.465 e. The van der Waals surface area contributed by atoms with Gasteiger partial charge in [0.2, 0.25) is 5.91 Å². The molecular weight excluding hydrogens is 326 g/mol. The van der Waals surface area contributed by atoms with E-state index in [4.69, 9.17) is 9.15 Å². The third kappa shape index (κ3) is 3.43. The Kier molecular flexibility index (Phi) is 4.85. The van der Waals surface area contributed by atoms with Crippen LogP contribution in [0.1, 0.15) is 45.2 Å². The predicted octanol–water partition coefficient (Wildman–Crippen LogP) is 3.97. The number of hydrogen-bond donors (Lipinski definition) is 1. The lowest BCUT2D eigenvalue weighted by atomic mass is 9.95. The molecule has 126 valence electrons. The molecule has 0 aliphatic heterocycles. The third-order valence-electron chi connectivity index (χ3n) is 3.96. The molecule has 0 spiro atoms. The molecule has 0 unspecified atom stereocenters. The number of nitrogens with one attached hydrogen (secondary N) is 1. The van der Waals surface area contributed by atoms with Crippen LogP contribution in [0.2, 0.25) is 0 Å². The van der Waals surface area contributed by atoms with Crippen molar-refractivity contribution in [3.05, 3.63) is 45.7 Å². The Labute approximate surface area is 144 Å².